The largest absolute Gasteiger partial charge is 0.332 e. The highest BCUT2D eigenvalue weighted by Crippen LogP contribution is 2.41. The van der Waals surface area contributed by atoms with Gasteiger partial charge in [-0.3, -0.25) is 14.4 Å². The van der Waals surface area contributed by atoms with Crippen molar-refractivity contribution in [2.45, 2.75) is 32.7 Å². The van der Waals surface area contributed by atoms with E-state index in [4.69, 9.17) is 0 Å². The molecule has 28 heavy (non-hydrogen) atoms. The van der Waals surface area contributed by atoms with Crippen LogP contribution in [0.15, 0.2) is 5.38 Å². The second-order valence-corrected chi connectivity index (χ2v) is 9.45. The number of nitrogens with zero attached hydrogens (tertiary/aromatic N) is 4. The maximum Gasteiger partial charge on any atom is 0.283 e. The van der Waals surface area contributed by atoms with Gasteiger partial charge < -0.3 is 14.7 Å². The molecule has 2 aliphatic rings. The van der Waals surface area contributed by atoms with Crippen molar-refractivity contribution < 1.29 is 14.4 Å². The summed E-state index contributed by atoms with van der Waals surface area (Å²) in [6.45, 7) is 5.18. The third-order valence-corrected chi connectivity index (χ3v) is 7.38. The Morgan fingerprint density at radius 1 is 1.21 bits per heavy atom. The van der Waals surface area contributed by atoms with E-state index < -0.39 is 0 Å². The number of carbonyl (C=O) groups is 3. The molecule has 0 saturated heterocycles. The van der Waals surface area contributed by atoms with Gasteiger partial charge in [0.15, 0.2) is 5.01 Å². The van der Waals surface area contributed by atoms with Crippen LogP contribution < -0.4 is 4.90 Å². The van der Waals surface area contributed by atoms with E-state index in [1.807, 2.05) is 5.38 Å². The third kappa shape index (κ3) is 3.02. The normalized spacial score (nSPS) is 17.1. The quantitative estimate of drug-likeness (QED) is 0.751. The van der Waals surface area contributed by atoms with E-state index in [0.29, 0.717) is 35.1 Å². The number of fused-ring (bicyclic) bond motifs is 3. The molecule has 4 heterocycles. The van der Waals surface area contributed by atoms with E-state index in [9.17, 15) is 14.4 Å². The van der Waals surface area contributed by atoms with E-state index in [1.54, 1.807) is 23.9 Å². The van der Waals surface area contributed by atoms with E-state index in [0.717, 1.165) is 16.1 Å². The maximum absolute atomic E-state index is 12.9. The van der Waals surface area contributed by atoms with Gasteiger partial charge in [0.25, 0.3) is 11.8 Å². The zero-order valence-electron chi connectivity index (χ0n) is 16.3. The molecule has 4 rings (SSSR count). The molecule has 3 amide bonds. The Morgan fingerprint density at radius 2 is 1.96 bits per heavy atom. The fourth-order valence-electron chi connectivity index (χ4n) is 3.49. The Kier molecular flexibility index (Phi) is 4.75. The van der Waals surface area contributed by atoms with Crippen molar-refractivity contribution in [3.8, 4) is 0 Å². The number of hydrogen-bond donors (Lipinski definition) is 0. The highest BCUT2D eigenvalue weighted by Gasteiger charge is 2.36. The Morgan fingerprint density at radius 3 is 2.64 bits per heavy atom. The molecule has 2 aromatic rings. The number of thiazole rings is 1. The fourth-order valence-corrected chi connectivity index (χ4v) is 5.77. The first-order valence-electron chi connectivity index (χ1n) is 9.19. The molecule has 0 unspecified atom stereocenters. The molecule has 0 aromatic carbocycles. The van der Waals surface area contributed by atoms with Crippen LogP contribution in [-0.4, -0.2) is 59.7 Å². The second kappa shape index (κ2) is 6.97. The van der Waals surface area contributed by atoms with Gasteiger partial charge in [-0.15, -0.1) is 22.7 Å². The Balaban J connectivity index is 1.64. The zero-order chi connectivity index (χ0) is 20.2. The predicted octanol–water partition coefficient (Wildman–Crippen LogP) is 2.57. The average Bonchev–Trinajstić information content (AvgIpc) is 3.28. The van der Waals surface area contributed by atoms with Crippen LogP contribution >= 0.6 is 22.7 Å². The molecule has 0 atom stereocenters. The third-order valence-electron chi connectivity index (χ3n) is 5.23. The molecule has 7 nitrogen and oxygen atoms in total. The van der Waals surface area contributed by atoms with Crippen LogP contribution in [0.25, 0.3) is 0 Å². The van der Waals surface area contributed by atoms with Crippen LogP contribution in [0.3, 0.4) is 0 Å². The second-order valence-electron chi connectivity index (χ2n) is 7.51. The SMILES string of the molecule is CC(C)c1csc(C(=O)N2CCc3c(sc4c3C(=O)N(C)CC(=O)N4C)C2)n1. The molecule has 2 aliphatic heterocycles. The fraction of sp³-hybridized carbons (Fsp3) is 0.474. The Bertz CT molecular complexity index is 978. The summed E-state index contributed by atoms with van der Waals surface area (Å²) in [6.07, 6.45) is 0.608. The summed E-state index contributed by atoms with van der Waals surface area (Å²) in [5.74, 6) is -0.00887. The van der Waals surface area contributed by atoms with E-state index in [-0.39, 0.29) is 30.2 Å². The lowest BCUT2D eigenvalue weighted by Crippen LogP contribution is -2.37. The summed E-state index contributed by atoms with van der Waals surface area (Å²) in [7, 11) is 3.36. The molecule has 0 fully saturated rings. The average molecular weight is 419 g/mol. The van der Waals surface area contributed by atoms with Gasteiger partial charge in [-0.25, -0.2) is 4.98 Å². The number of likely N-dealkylation sites (N-methyl/N-ethyl adjacent to an activating group) is 2. The standard InChI is InChI=1S/C19H22N4O3S2/c1-10(2)12-9-27-16(20-12)18(26)23-6-5-11-13(7-23)28-19-15(11)17(25)21(3)8-14(24)22(19)4/h9-10H,5-8H2,1-4H3. The first-order valence-corrected chi connectivity index (χ1v) is 10.9. The van der Waals surface area contributed by atoms with Crippen molar-refractivity contribution in [2.24, 2.45) is 0 Å². The maximum atomic E-state index is 12.9. The number of carbonyl (C=O) groups excluding carboxylic acids is 3. The number of rotatable bonds is 2. The smallest absolute Gasteiger partial charge is 0.283 e. The summed E-state index contributed by atoms with van der Waals surface area (Å²) < 4.78 is 0. The number of amides is 3. The molecule has 0 aliphatic carbocycles. The van der Waals surface area contributed by atoms with Gasteiger partial charge >= 0.3 is 0 Å². The molecule has 9 heteroatoms. The molecule has 0 spiro atoms. The van der Waals surface area contributed by atoms with Crippen LogP contribution in [0.1, 0.15) is 56.1 Å². The summed E-state index contributed by atoms with van der Waals surface area (Å²) in [6, 6.07) is 0. The van der Waals surface area contributed by atoms with Gasteiger partial charge in [-0.1, -0.05) is 13.8 Å². The minimum atomic E-state index is -0.119. The molecule has 0 N–H and O–H groups in total. The van der Waals surface area contributed by atoms with E-state index in [2.05, 4.69) is 18.8 Å². The molecular formula is C19H22N4O3S2. The highest BCUT2D eigenvalue weighted by atomic mass is 32.1. The summed E-state index contributed by atoms with van der Waals surface area (Å²) in [5, 5.41) is 3.14. The van der Waals surface area contributed by atoms with Crippen LogP contribution in [0.2, 0.25) is 0 Å². The van der Waals surface area contributed by atoms with Crippen molar-refractivity contribution >= 4 is 45.4 Å². The molecular weight excluding hydrogens is 396 g/mol. The lowest BCUT2D eigenvalue weighted by atomic mass is 10.0. The van der Waals surface area contributed by atoms with Crippen LogP contribution in [0.4, 0.5) is 5.00 Å². The predicted molar refractivity (Wildman–Crippen MR) is 109 cm³/mol. The molecule has 2 aromatic heterocycles. The van der Waals surface area contributed by atoms with Gasteiger partial charge in [0.1, 0.15) is 11.5 Å². The van der Waals surface area contributed by atoms with Crippen LogP contribution in [0, 0.1) is 0 Å². The van der Waals surface area contributed by atoms with Gasteiger partial charge in [-0.05, 0) is 17.9 Å². The Hall–Kier alpha value is -2.26. The number of anilines is 1. The lowest BCUT2D eigenvalue weighted by molar-refractivity contribution is -0.118. The highest BCUT2D eigenvalue weighted by molar-refractivity contribution is 7.17. The summed E-state index contributed by atoms with van der Waals surface area (Å²) in [5.41, 5.74) is 2.53. The van der Waals surface area contributed by atoms with Crippen molar-refractivity contribution in [3.63, 3.8) is 0 Å². The van der Waals surface area contributed by atoms with Crippen molar-refractivity contribution in [2.75, 3.05) is 32.1 Å². The zero-order valence-corrected chi connectivity index (χ0v) is 17.9. The summed E-state index contributed by atoms with van der Waals surface area (Å²) >= 11 is 2.82. The molecule has 148 valence electrons. The first-order chi connectivity index (χ1) is 13.3. The van der Waals surface area contributed by atoms with Crippen molar-refractivity contribution in [1.29, 1.82) is 0 Å². The van der Waals surface area contributed by atoms with Gasteiger partial charge in [-0.2, -0.15) is 0 Å². The first kappa shape index (κ1) is 19.1. The molecule has 0 radical (unpaired) electrons. The van der Waals surface area contributed by atoms with Gasteiger partial charge in [0.05, 0.1) is 17.8 Å². The number of aromatic nitrogens is 1. The van der Waals surface area contributed by atoms with Crippen LogP contribution in [-0.2, 0) is 17.8 Å². The monoisotopic (exact) mass is 418 g/mol. The minimum absolute atomic E-state index is 0.0704. The van der Waals surface area contributed by atoms with Gasteiger partial charge in [0.2, 0.25) is 5.91 Å². The van der Waals surface area contributed by atoms with Crippen molar-refractivity contribution in [3.05, 3.63) is 32.1 Å². The Labute approximate surface area is 171 Å². The number of thiophene rings is 1. The number of hydrogen-bond acceptors (Lipinski definition) is 6. The van der Waals surface area contributed by atoms with Crippen molar-refractivity contribution in [1.82, 2.24) is 14.8 Å². The topological polar surface area (TPSA) is 73.8 Å². The molecule has 0 saturated carbocycles. The van der Waals surface area contributed by atoms with Gasteiger partial charge in [0, 0.05) is 30.9 Å². The lowest BCUT2D eigenvalue weighted by Gasteiger charge is -2.26. The van der Waals surface area contributed by atoms with E-state index in [1.165, 1.54) is 27.6 Å². The minimum Gasteiger partial charge on any atom is -0.332 e. The summed E-state index contributed by atoms with van der Waals surface area (Å²) in [4.78, 5) is 48.4. The van der Waals surface area contributed by atoms with E-state index >= 15 is 0 Å². The van der Waals surface area contributed by atoms with Crippen LogP contribution in [0.5, 0.6) is 0 Å². The molecule has 0 bridgehead atoms.